The number of nitrogens with zero attached hydrogens (tertiary/aromatic N) is 1. The molecule has 1 aliphatic heterocycles. The molecule has 0 spiro atoms. The third kappa shape index (κ3) is 2.18. The fraction of sp³-hybridized carbons (Fsp3) is 0.615. The molecule has 1 saturated heterocycles. The van der Waals surface area contributed by atoms with Crippen LogP contribution in [0.2, 0.25) is 0 Å². The molecule has 0 atom stereocenters. The van der Waals surface area contributed by atoms with E-state index in [1.807, 2.05) is 40.7 Å². The average Bonchev–Trinajstić information content (AvgIpc) is 2.47. The van der Waals surface area contributed by atoms with Crippen molar-refractivity contribution >= 4 is 12.6 Å². The largest absolute Gasteiger partial charge is 0.496 e. The second-order valence-corrected chi connectivity index (χ2v) is 5.77. The highest BCUT2D eigenvalue weighted by Gasteiger charge is 2.52. The van der Waals surface area contributed by atoms with Gasteiger partial charge >= 0.3 is 7.12 Å². The Labute approximate surface area is 108 Å². The quantitative estimate of drug-likeness (QED) is 0.799. The molecule has 1 N–H and O–H groups in total. The first kappa shape index (κ1) is 13.5. The Hall–Kier alpha value is -0.905. The van der Waals surface area contributed by atoms with Gasteiger partial charge in [-0.05, 0) is 46.2 Å². The van der Waals surface area contributed by atoms with Crippen LogP contribution in [0.4, 0.5) is 0 Å². The number of aliphatic hydroxyl groups excluding tert-OH is 1. The van der Waals surface area contributed by atoms with E-state index in [0.29, 0.717) is 0 Å². The Morgan fingerprint density at radius 1 is 1.22 bits per heavy atom. The molecule has 0 bridgehead atoms. The van der Waals surface area contributed by atoms with Crippen molar-refractivity contribution in [2.45, 2.75) is 52.4 Å². The SMILES string of the molecule is Cc1cc(CO)c(B2OC(C)(C)C(C)(C)O2)cn1. The molecular formula is C13H20BNO3. The molecule has 18 heavy (non-hydrogen) atoms. The van der Waals surface area contributed by atoms with E-state index in [0.717, 1.165) is 16.7 Å². The van der Waals surface area contributed by atoms with Gasteiger partial charge in [0.2, 0.25) is 0 Å². The van der Waals surface area contributed by atoms with Crippen molar-refractivity contribution < 1.29 is 14.4 Å². The third-order valence-corrected chi connectivity index (χ3v) is 3.84. The first-order valence-electron chi connectivity index (χ1n) is 6.19. The summed E-state index contributed by atoms with van der Waals surface area (Å²) in [7, 11) is -0.467. The number of aryl methyl sites for hydroxylation is 1. The van der Waals surface area contributed by atoms with Crippen molar-refractivity contribution in [1.82, 2.24) is 4.98 Å². The summed E-state index contributed by atoms with van der Waals surface area (Å²) in [6, 6.07) is 1.86. The molecule has 5 heteroatoms. The van der Waals surface area contributed by atoms with Crippen molar-refractivity contribution in [3.63, 3.8) is 0 Å². The molecule has 1 aliphatic rings. The van der Waals surface area contributed by atoms with Gasteiger partial charge in [0.1, 0.15) is 0 Å². The summed E-state index contributed by atoms with van der Waals surface area (Å²) in [5, 5.41) is 9.42. The summed E-state index contributed by atoms with van der Waals surface area (Å²) in [4.78, 5) is 4.26. The summed E-state index contributed by atoms with van der Waals surface area (Å²) in [6.07, 6.45) is 1.73. The normalized spacial score (nSPS) is 21.3. The fourth-order valence-electron chi connectivity index (χ4n) is 1.95. The van der Waals surface area contributed by atoms with E-state index in [-0.39, 0.29) is 17.8 Å². The van der Waals surface area contributed by atoms with E-state index < -0.39 is 7.12 Å². The Kier molecular flexibility index (Phi) is 3.26. The summed E-state index contributed by atoms with van der Waals surface area (Å²) >= 11 is 0. The average molecular weight is 249 g/mol. The summed E-state index contributed by atoms with van der Waals surface area (Å²) in [6.45, 7) is 9.89. The monoisotopic (exact) mass is 249 g/mol. The van der Waals surface area contributed by atoms with Crippen LogP contribution in [0.25, 0.3) is 0 Å². The van der Waals surface area contributed by atoms with E-state index in [4.69, 9.17) is 9.31 Å². The van der Waals surface area contributed by atoms with Crippen LogP contribution in [0.5, 0.6) is 0 Å². The van der Waals surface area contributed by atoms with Crippen LogP contribution in [0, 0.1) is 6.92 Å². The van der Waals surface area contributed by atoms with Gasteiger partial charge in [-0.1, -0.05) is 0 Å². The van der Waals surface area contributed by atoms with Crippen LogP contribution in [-0.2, 0) is 15.9 Å². The highest BCUT2D eigenvalue weighted by atomic mass is 16.7. The maximum Gasteiger partial charge on any atom is 0.496 e. The molecule has 98 valence electrons. The smallest absolute Gasteiger partial charge is 0.399 e. The Morgan fingerprint density at radius 3 is 2.28 bits per heavy atom. The van der Waals surface area contributed by atoms with Crippen LogP contribution in [0.1, 0.15) is 39.0 Å². The number of pyridine rings is 1. The lowest BCUT2D eigenvalue weighted by molar-refractivity contribution is 0.00578. The predicted octanol–water partition coefficient (Wildman–Crippen LogP) is 1.18. The van der Waals surface area contributed by atoms with E-state index in [1.54, 1.807) is 6.20 Å². The molecule has 4 nitrogen and oxygen atoms in total. The van der Waals surface area contributed by atoms with E-state index >= 15 is 0 Å². The van der Waals surface area contributed by atoms with Gasteiger partial charge in [-0.2, -0.15) is 0 Å². The standard InChI is InChI=1S/C13H20BNO3/c1-9-6-10(8-16)11(7-15-9)14-17-12(2,3)13(4,5)18-14/h6-7,16H,8H2,1-5H3. The minimum atomic E-state index is -0.467. The van der Waals surface area contributed by atoms with E-state index in [9.17, 15) is 5.11 Å². The van der Waals surface area contributed by atoms with Gasteiger partial charge in [-0.3, -0.25) is 4.98 Å². The van der Waals surface area contributed by atoms with Gasteiger partial charge in [0.15, 0.2) is 0 Å². The second-order valence-electron chi connectivity index (χ2n) is 5.77. The Bertz CT molecular complexity index is 444. The Balaban J connectivity index is 2.35. The second kappa shape index (κ2) is 4.33. The number of hydrogen-bond acceptors (Lipinski definition) is 4. The number of aromatic nitrogens is 1. The molecule has 1 aromatic rings. The number of aliphatic hydroxyl groups is 1. The van der Waals surface area contributed by atoms with Gasteiger partial charge in [0, 0.05) is 17.4 Å². The van der Waals surface area contributed by atoms with Crippen LogP contribution in [0.15, 0.2) is 12.3 Å². The molecule has 2 rings (SSSR count). The van der Waals surface area contributed by atoms with Crippen LogP contribution in [0.3, 0.4) is 0 Å². The summed E-state index contributed by atoms with van der Waals surface area (Å²) in [5.74, 6) is 0. The maximum absolute atomic E-state index is 9.42. The topological polar surface area (TPSA) is 51.6 Å². The zero-order valence-corrected chi connectivity index (χ0v) is 11.7. The van der Waals surface area contributed by atoms with Crippen LogP contribution < -0.4 is 5.46 Å². The minimum absolute atomic E-state index is 0.0389. The van der Waals surface area contributed by atoms with Crippen molar-refractivity contribution in [3.05, 3.63) is 23.5 Å². The molecule has 1 aromatic heterocycles. The van der Waals surface area contributed by atoms with Crippen molar-refractivity contribution in [3.8, 4) is 0 Å². The van der Waals surface area contributed by atoms with Crippen LogP contribution >= 0.6 is 0 Å². The molecular weight excluding hydrogens is 229 g/mol. The molecule has 0 amide bonds. The molecule has 0 unspecified atom stereocenters. The van der Waals surface area contributed by atoms with Gasteiger partial charge < -0.3 is 14.4 Å². The zero-order valence-electron chi connectivity index (χ0n) is 11.7. The van der Waals surface area contributed by atoms with Gasteiger partial charge in [0.25, 0.3) is 0 Å². The van der Waals surface area contributed by atoms with Crippen molar-refractivity contribution in [1.29, 1.82) is 0 Å². The van der Waals surface area contributed by atoms with Crippen LogP contribution in [-0.4, -0.2) is 28.4 Å². The molecule has 0 radical (unpaired) electrons. The first-order chi connectivity index (χ1) is 8.27. The van der Waals surface area contributed by atoms with E-state index in [2.05, 4.69) is 4.98 Å². The lowest BCUT2D eigenvalue weighted by Crippen LogP contribution is -2.41. The van der Waals surface area contributed by atoms with Crippen molar-refractivity contribution in [2.75, 3.05) is 0 Å². The number of hydrogen-bond donors (Lipinski definition) is 1. The summed E-state index contributed by atoms with van der Waals surface area (Å²) < 4.78 is 11.9. The van der Waals surface area contributed by atoms with Gasteiger partial charge in [0.05, 0.1) is 17.8 Å². The number of rotatable bonds is 2. The lowest BCUT2D eigenvalue weighted by atomic mass is 9.77. The summed E-state index contributed by atoms with van der Waals surface area (Å²) in [5.41, 5.74) is 1.73. The van der Waals surface area contributed by atoms with Gasteiger partial charge in [-0.15, -0.1) is 0 Å². The Morgan fingerprint density at radius 2 is 1.78 bits per heavy atom. The van der Waals surface area contributed by atoms with Gasteiger partial charge in [-0.25, -0.2) is 0 Å². The van der Waals surface area contributed by atoms with E-state index in [1.165, 1.54) is 0 Å². The predicted molar refractivity (Wildman–Crippen MR) is 70.6 cm³/mol. The highest BCUT2D eigenvalue weighted by Crippen LogP contribution is 2.36. The molecule has 1 fully saturated rings. The minimum Gasteiger partial charge on any atom is -0.399 e. The zero-order chi connectivity index (χ0) is 13.6. The molecule has 2 heterocycles. The fourth-order valence-corrected chi connectivity index (χ4v) is 1.95. The molecule has 0 aromatic carbocycles. The molecule has 0 saturated carbocycles. The molecule has 0 aliphatic carbocycles. The first-order valence-corrected chi connectivity index (χ1v) is 6.19. The third-order valence-electron chi connectivity index (χ3n) is 3.84. The van der Waals surface area contributed by atoms with Crippen molar-refractivity contribution in [2.24, 2.45) is 0 Å². The lowest BCUT2D eigenvalue weighted by Gasteiger charge is -2.32. The maximum atomic E-state index is 9.42. The highest BCUT2D eigenvalue weighted by molar-refractivity contribution is 6.62.